The van der Waals surface area contributed by atoms with Crippen LogP contribution in [0.25, 0.3) is 0 Å². The molecule has 2 rings (SSSR count). The number of unbranched alkanes of at least 4 members (excludes halogenated alkanes) is 1. The van der Waals surface area contributed by atoms with E-state index in [2.05, 4.69) is 87.5 Å². The molecular weight excluding hydrogens is 302 g/mol. The quantitative estimate of drug-likeness (QED) is 0.498. The Morgan fingerprint density at radius 3 is 1.84 bits per heavy atom. The Hall–Kier alpha value is -2.07. The van der Waals surface area contributed by atoms with E-state index in [9.17, 15) is 5.26 Å². The standard InChI is InChI=1S/C24H31N/c1-4-6-13-21(5-2)18-24(20(3)19-25,22-14-9-7-10-15-22)23-16-11-8-12-17-23/h7-12,14-17,20-21H,4-6,13,18H2,1-3H3. The van der Waals surface area contributed by atoms with Crippen LogP contribution < -0.4 is 0 Å². The minimum atomic E-state index is -0.244. The van der Waals surface area contributed by atoms with Gasteiger partial charge in [-0.15, -0.1) is 0 Å². The van der Waals surface area contributed by atoms with Gasteiger partial charge in [0.2, 0.25) is 0 Å². The van der Waals surface area contributed by atoms with Crippen molar-refractivity contribution in [1.29, 1.82) is 5.26 Å². The fourth-order valence-electron chi connectivity index (χ4n) is 4.06. The van der Waals surface area contributed by atoms with Crippen LogP contribution in [0.15, 0.2) is 60.7 Å². The van der Waals surface area contributed by atoms with E-state index in [4.69, 9.17) is 0 Å². The summed E-state index contributed by atoms with van der Waals surface area (Å²) in [4.78, 5) is 0. The van der Waals surface area contributed by atoms with Crippen LogP contribution in [0.3, 0.4) is 0 Å². The Labute approximate surface area is 153 Å². The zero-order valence-corrected chi connectivity index (χ0v) is 15.9. The van der Waals surface area contributed by atoms with Crippen molar-refractivity contribution in [3.05, 3.63) is 71.8 Å². The summed E-state index contributed by atoms with van der Waals surface area (Å²) in [5.41, 5.74) is 2.29. The molecule has 0 aliphatic heterocycles. The molecule has 0 heterocycles. The second-order valence-electron chi connectivity index (χ2n) is 7.17. The van der Waals surface area contributed by atoms with Crippen LogP contribution in [0.1, 0.15) is 64.0 Å². The molecule has 0 fully saturated rings. The van der Waals surface area contributed by atoms with Crippen molar-refractivity contribution in [3.8, 4) is 6.07 Å². The van der Waals surface area contributed by atoms with Crippen molar-refractivity contribution in [2.45, 2.75) is 58.3 Å². The summed E-state index contributed by atoms with van der Waals surface area (Å²) in [6.07, 6.45) is 5.94. The van der Waals surface area contributed by atoms with Crippen molar-refractivity contribution < 1.29 is 0 Å². The normalized spacial score (nSPS) is 13.8. The minimum absolute atomic E-state index is 0.0759. The highest BCUT2D eigenvalue weighted by atomic mass is 14.4. The molecule has 0 bridgehead atoms. The number of hydrogen-bond acceptors (Lipinski definition) is 1. The Balaban J connectivity index is 2.57. The summed E-state index contributed by atoms with van der Waals surface area (Å²) in [5, 5.41) is 9.90. The molecule has 0 N–H and O–H groups in total. The maximum atomic E-state index is 9.90. The van der Waals surface area contributed by atoms with E-state index in [0.717, 1.165) is 6.42 Å². The average Bonchev–Trinajstić information content (AvgIpc) is 2.69. The lowest BCUT2D eigenvalue weighted by molar-refractivity contribution is 0.287. The molecule has 25 heavy (non-hydrogen) atoms. The van der Waals surface area contributed by atoms with Gasteiger partial charge in [-0.2, -0.15) is 5.26 Å². The van der Waals surface area contributed by atoms with E-state index in [1.807, 2.05) is 0 Å². The number of nitrogens with zero attached hydrogens (tertiary/aromatic N) is 1. The molecule has 0 aromatic heterocycles. The van der Waals surface area contributed by atoms with E-state index in [1.165, 1.54) is 36.8 Å². The molecular formula is C24H31N. The summed E-state index contributed by atoms with van der Waals surface area (Å²) in [7, 11) is 0. The van der Waals surface area contributed by atoms with Gasteiger partial charge < -0.3 is 0 Å². The summed E-state index contributed by atoms with van der Waals surface area (Å²) in [6.45, 7) is 6.64. The summed E-state index contributed by atoms with van der Waals surface area (Å²) in [5.74, 6) is 0.559. The molecule has 0 aliphatic carbocycles. The van der Waals surface area contributed by atoms with Gasteiger partial charge >= 0.3 is 0 Å². The minimum Gasteiger partial charge on any atom is -0.198 e. The van der Waals surface area contributed by atoms with Gasteiger partial charge in [-0.3, -0.25) is 0 Å². The number of benzene rings is 2. The van der Waals surface area contributed by atoms with Crippen molar-refractivity contribution in [2.75, 3.05) is 0 Å². The van der Waals surface area contributed by atoms with Crippen molar-refractivity contribution >= 4 is 0 Å². The van der Waals surface area contributed by atoms with Crippen LogP contribution in [0, 0.1) is 23.2 Å². The van der Waals surface area contributed by atoms with Gasteiger partial charge in [0, 0.05) is 5.41 Å². The molecule has 132 valence electrons. The fraction of sp³-hybridized carbons (Fsp3) is 0.458. The Kier molecular flexibility index (Phi) is 7.26. The van der Waals surface area contributed by atoms with Crippen molar-refractivity contribution in [2.24, 2.45) is 11.8 Å². The number of rotatable bonds is 9. The third-order valence-electron chi connectivity index (χ3n) is 5.66. The molecule has 1 heteroatoms. The third kappa shape index (κ3) is 4.31. The van der Waals surface area contributed by atoms with Gasteiger partial charge in [0.05, 0.1) is 12.0 Å². The molecule has 0 amide bonds. The first-order valence-electron chi connectivity index (χ1n) is 9.69. The second kappa shape index (κ2) is 9.42. The van der Waals surface area contributed by atoms with Crippen LogP contribution in [0.4, 0.5) is 0 Å². The molecule has 0 radical (unpaired) electrons. The summed E-state index contributed by atoms with van der Waals surface area (Å²) in [6, 6.07) is 23.9. The van der Waals surface area contributed by atoms with Crippen molar-refractivity contribution in [3.63, 3.8) is 0 Å². The molecule has 2 unspecified atom stereocenters. The van der Waals surface area contributed by atoms with E-state index < -0.39 is 0 Å². The van der Waals surface area contributed by atoms with Gasteiger partial charge in [-0.1, -0.05) is 100 Å². The fourth-order valence-corrected chi connectivity index (χ4v) is 4.06. The van der Waals surface area contributed by atoms with Crippen LogP contribution in [-0.2, 0) is 5.41 Å². The lowest BCUT2D eigenvalue weighted by Gasteiger charge is -2.40. The highest BCUT2D eigenvalue weighted by Gasteiger charge is 2.41. The molecule has 0 saturated heterocycles. The molecule has 1 nitrogen and oxygen atoms in total. The smallest absolute Gasteiger partial charge is 0.0665 e. The highest BCUT2D eigenvalue weighted by molar-refractivity contribution is 5.42. The topological polar surface area (TPSA) is 23.8 Å². The summed E-state index contributed by atoms with van der Waals surface area (Å²) < 4.78 is 0. The largest absolute Gasteiger partial charge is 0.198 e. The van der Waals surface area contributed by atoms with Gasteiger partial charge in [0.15, 0.2) is 0 Å². The van der Waals surface area contributed by atoms with Crippen LogP contribution >= 0.6 is 0 Å². The van der Waals surface area contributed by atoms with Gasteiger partial charge in [-0.05, 0) is 30.4 Å². The first-order chi connectivity index (χ1) is 12.2. The van der Waals surface area contributed by atoms with Crippen LogP contribution in [0.2, 0.25) is 0 Å². The Morgan fingerprint density at radius 2 is 1.44 bits per heavy atom. The van der Waals surface area contributed by atoms with E-state index >= 15 is 0 Å². The zero-order chi connectivity index (χ0) is 18.1. The van der Waals surface area contributed by atoms with Gasteiger partial charge in [-0.25, -0.2) is 0 Å². The molecule has 0 saturated carbocycles. The zero-order valence-electron chi connectivity index (χ0n) is 15.9. The molecule has 0 spiro atoms. The maximum Gasteiger partial charge on any atom is 0.0665 e. The van der Waals surface area contributed by atoms with E-state index in [0.29, 0.717) is 5.92 Å². The highest BCUT2D eigenvalue weighted by Crippen LogP contribution is 2.45. The molecule has 2 aromatic carbocycles. The SMILES string of the molecule is CCCCC(CC)CC(c1ccccc1)(c1ccccc1)C(C)C#N. The lowest BCUT2D eigenvalue weighted by Crippen LogP contribution is -2.37. The third-order valence-corrected chi connectivity index (χ3v) is 5.66. The number of nitriles is 1. The first kappa shape index (κ1) is 19.3. The van der Waals surface area contributed by atoms with E-state index in [-0.39, 0.29) is 11.3 Å². The predicted octanol–water partition coefficient (Wildman–Crippen LogP) is 6.74. The number of hydrogen-bond donors (Lipinski definition) is 0. The van der Waals surface area contributed by atoms with Crippen LogP contribution in [-0.4, -0.2) is 0 Å². The molecule has 2 atom stereocenters. The maximum absolute atomic E-state index is 9.90. The van der Waals surface area contributed by atoms with E-state index in [1.54, 1.807) is 0 Å². The Morgan fingerprint density at radius 1 is 0.920 bits per heavy atom. The van der Waals surface area contributed by atoms with Gasteiger partial charge in [0.25, 0.3) is 0 Å². The first-order valence-corrected chi connectivity index (χ1v) is 9.69. The molecule has 0 aliphatic rings. The van der Waals surface area contributed by atoms with Crippen LogP contribution in [0.5, 0.6) is 0 Å². The lowest BCUT2D eigenvalue weighted by atomic mass is 9.62. The summed E-state index contributed by atoms with van der Waals surface area (Å²) >= 11 is 0. The van der Waals surface area contributed by atoms with Gasteiger partial charge in [0.1, 0.15) is 0 Å². The Bertz CT molecular complexity index is 614. The second-order valence-corrected chi connectivity index (χ2v) is 7.17. The average molecular weight is 334 g/mol. The predicted molar refractivity (Wildman–Crippen MR) is 106 cm³/mol. The monoisotopic (exact) mass is 333 g/mol. The molecule has 2 aromatic rings. The van der Waals surface area contributed by atoms with Crippen molar-refractivity contribution in [1.82, 2.24) is 0 Å².